The van der Waals surface area contributed by atoms with Crippen molar-refractivity contribution in [1.29, 1.82) is 0 Å². The fraction of sp³-hybridized carbons (Fsp3) is 0.455. The second-order valence-corrected chi connectivity index (χ2v) is 3.82. The van der Waals surface area contributed by atoms with E-state index in [9.17, 15) is 18.3 Å². The minimum atomic E-state index is -4.29. The number of benzene rings is 1. The van der Waals surface area contributed by atoms with Crippen molar-refractivity contribution in [1.82, 2.24) is 0 Å². The zero-order valence-corrected chi connectivity index (χ0v) is 8.01. The predicted molar refractivity (Wildman–Crippen MR) is 49.3 cm³/mol. The van der Waals surface area contributed by atoms with Gasteiger partial charge in [-0.05, 0) is 42.5 Å². The fourth-order valence-corrected chi connectivity index (χ4v) is 1.97. The minimum absolute atomic E-state index is 0.601. The third-order valence-corrected chi connectivity index (χ3v) is 2.75. The van der Waals surface area contributed by atoms with Crippen LogP contribution in [0.3, 0.4) is 0 Å². The van der Waals surface area contributed by atoms with Crippen LogP contribution in [0, 0.1) is 0 Å². The number of fused-ring (bicyclic) bond motifs is 1. The standard InChI is InChI=1S/C11H11F3O/c12-11(13,14)8-4-5-9-7(6-8)2-1-3-10(9)15/h4-6,10,15H,1-3H2/t10-/m0/s1. The van der Waals surface area contributed by atoms with Crippen molar-refractivity contribution in [2.45, 2.75) is 31.5 Å². The predicted octanol–water partition coefficient (Wildman–Crippen LogP) is 3.08. The third-order valence-electron chi connectivity index (χ3n) is 2.75. The maximum atomic E-state index is 12.4. The van der Waals surface area contributed by atoms with Crippen LogP contribution >= 0.6 is 0 Å². The van der Waals surface area contributed by atoms with Crippen molar-refractivity contribution in [2.24, 2.45) is 0 Å². The summed E-state index contributed by atoms with van der Waals surface area (Å²) in [6, 6.07) is 3.58. The molecule has 15 heavy (non-hydrogen) atoms. The smallest absolute Gasteiger partial charge is 0.388 e. The van der Waals surface area contributed by atoms with Crippen molar-refractivity contribution in [3.05, 3.63) is 34.9 Å². The second-order valence-electron chi connectivity index (χ2n) is 3.82. The molecule has 4 heteroatoms. The number of aliphatic hydroxyl groups excluding tert-OH is 1. The maximum absolute atomic E-state index is 12.4. The quantitative estimate of drug-likeness (QED) is 0.706. The molecule has 0 fully saturated rings. The first-order valence-electron chi connectivity index (χ1n) is 4.86. The van der Waals surface area contributed by atoms with Gasteiger partial charge in [-0.1, -0.05) is 6.07 Å². The van der Waals surface area contributed by atoms with E-state index in [1.165, 1.54) is 6.07 Å². The number of hydrogen-bond acceptors (Lipinski definition) is 1. The first kappa shape index (κ1) is 10.5. The van der Waals surface area contributed by atoms with Crippen molar-refractivity contribution in [3.8, 4) is 0 Å². The van der Waals surface area contributed by atoms with E-state index in [-0.39, 0.29) is 0 Å². The highest BCUT2D eigenvalue weighted by molar-refractivity contribution is 5.36. The van der Waals surface area contributed by atoms with Crippen LogP contribution in [0.2, 0.25) is 0 Å². The summed E-state index contributed by atoms with van der Waals surface area (Å²) < 4.78 is 37.2. The molecular weight excluding hydrogens is 205 g/mol. The minimum Gasteiger partial charge on any atom is -0.388 e. The van der Waals surface area contributed by atoms with Crippen molar-refractivity contribution in [2.75, 3.05) is 0 Å². The summed E-state index contributed by atoms with van der Waals surface area (Å²) in [5.41, 5.74) is 0.646. The van der Waals surface area contributed by atoms with Gasteiger partial charge in [-0.25, -0.2) is 0 Å². The van der Waals surface area contributed by atoms with Gasteiger partial charge in [0.2, 0.25) is 0 Å². The molecule has 1 nitrogen and oxygen atoms in total. The van der Waals surface area contributed by atoms with E-state index in [1.807, 2.05) is 0 Å². The normalized spacial score (nSPS) is 21.2. The van der Waals surface area contributed by atoms with Crippen LogP contribution in [0.5, 0.6) is 0 Å². The lowest BCUT2D eigenvalue weighted by Gasteiger charge is -2.22. The Hall–Kier alpha value is -1.03. The van der Waals surface area contributed by atoms with Gasteiger partial charge < -0.3 is 5.11 Å². The molecule has 1 aliphatic carbocycles. The van der Waals surface area contributed by atoms with Crippen molar-refractivity contribution < 1.29 is 18.3 Å². The van der Waals surface area contributed by atoms with Gasteiger partial charge in [-0.2, -0.15) is 13.2 Å². The number of aryl methyl sites for hydroxylation is 1. The summed E-state index contributed by atoms with van der Waals surface area (Å²) in [6.45, 7) is 0. The Morgan fingerprint density at radius 2 is 2.00 bits per heavy atom. The zero-order valence-electron chi connectivity index (χ0n) is 8.01. The summed E-state index contributed by atoms with van der Waals surface area (Å²) in [7, 11) is 0. The molecule has 1 aliphatic rings. The first-order valence-corrected chi connectivity index (χ1v) is 4.86. The Bertz CT molecular complexity index is 371. The average molecular weight is 216 g/mol. The van der Waals surface area contributed by atoms with E-state index < -0.39 is 17.8 Å². The topological polar surface area (TPSA) is 20.2 Å². The van der Waals surface area contributed by atoms with Crippen LogP contribution in [0.25, 0.3) is 0 Å². The summed E-state index contributed by atoms with van der Waals surface area (Å²) in [6.07, 6.45) is -2.89. The van der Waals surface area contributed by atoms with Gasteiger partial charge in [-0.15, -0.1) is 0 Å². The van der Waals surface area contributed by atoms with E-state index in [4.69, 9.17) is 0 Å². The van der Waals surface area contributed by atoms with Gasteiger partial charge in [0, 0.05) is 0 Å². The molecule has 0 radical (unpaired) electrons. The van der Waals surface area contributed by atoms with E-state index >= 15 is 0 Å². The van der Waals surface area contributed by atoms with Crippen LogP contribution in [-0.2, 0) is 12.6 Å². The van der Waals surface area contributed by atoms with Crippen molar-refractivity contribution >= 4 is 0 Å². The maximum Gasteiger partial charge on any atom is 0.416 e. The van der Waals surface area contributed by atoms with Crippen LogP contribution in [0.4, 0.5) is 13.2 Å². The highest BCUT2D eigenvalue weighted by Crippen LogP contribution is 2.35. The second kappa shape index (κ2) is 3.52. The Kier molecular flexibility index (Phi) is 2.46. The van der Waals surface area contributed by atoms with Gasteiger partial charge in [0.1, 0.15) is 0 Å². The van der Waals surface area contributed by atoms with E-state index in [0.717, 1.165) is 18.6 Å². The average Bonchev–Trinajstić information content (AvgIpc) is 2.16. The Labute approximate surface area is 85.5 Å². The van der Waals surface area contributed by atoms with E-state index in [1.54, 1.807) is 0 Å². The van der Waals surface area contributed by atoms with Gasteiger partial charge in [-0.3, -0.25) is 0 Å². The number of hydrogen-bond donors (Lipinski definition) is 1. The summed E-state index contributed by atoms with van der Waals surface area (Å²) in [4.78, 5) is 0. The third kappa shape index (κ3) is 2.00. The lowest BCUT2D eigenvalue weighted by molar-refractivity contribution is -0.137. The number of halogens is 3. The lowest BCUT2D eigenvalue weighted by atomic mass is 9.88. The SMILES string of the molecule is O[C@H]1CCCc2cc(C(F)(F)F)ccc21. The lowest BCUT2D eigenvalue weighted by Crippen LogP contribution is -2.12. The Balaban J connectivity index is 2.42. The van der Waals surface area contributed by atoms with Crippen LogP contribution < -0.4 is 0 Å². The number of aliphatic hydroxyl groups is 1. The van der Waals surface area contributed by atoms with Gasteiger partial charge in [0.25, 0.3) is 0 Å². The zero-order chi connectivity index (χ0) is 11.1. The molecule has 2 rings (SSSR count). The summed E-state index contributed by atoms with van der Waals surface area (Å²) in [5, 5.41) is 9.57. The van der Waals surface area contributed by atoms with Crippen LogP contribution in [0.1, 0.15) is 35.6 Å². The number of rotatable bonds is 0. The van der Waals surface area contributed by atoms with Crippen molar-refractivity contribution in [3.63, 3.8) is 0 Å². The monoisotopic (exact) mass is 216 g/mol. The first-order chi connectivity index (χ1) is 6.98. The molecule has 1 N–H and O–H groups in total. The summed E-state index contributed by atoms with van der Waals surface area (Å²) in [5.74, 6) is 0. The van der Waals surface area contributed by atoms with Crippen LogP contribution in [0.15, 0.2) is 18.2 Å². The van der Waals surface area contributed by atoms with Gasteiger partial charge in [0.05, 0.1) is 11.7 Å². The molecule has 1 atom stereocenters. The molecule has 0 bridgehead atoms. The highest BCUT2D eigenvalue weighted by Gasteiger charge is 2.31. The molecule has 0 saturated heterocycles. The fourth-order valence-electron chi connectivity index (χ4n) is 1.97. The largest absolute Gasteiger partial charge is 0.416 e. The molecule has 0 unspecified atom stereocenters. The molecule has 0 aromatic heterocycles. The molecule has 0 heterocycles. The van der Waals surface area contributed by atoms with E-state index in [0.29, 0.717) is 24.0 Å². The van der Waals surface area contributed by atoms with E-state index in [2.05, 4.69) is 0 Å². The molecule has 82 valence electrons. The highest BCUT2D eigenvalue weighted by atomic mass is 19.4. The van der Waals surface area contributed by atoms with Gasteiger partial charge in [0.15, 0.2) is 0 Å². The Morgan fingerprint density at radius 1 is 1.27 bits per heavy atom. The molecular formula is C11H11F3O. The van der Waals surface area contributed by atoms with Gasteiger partial charge >= 0.3 is 6.18 Å². The Morgan fingerprint density at radius 3 is 2.67 bits per heavy atom. The molecule has 0 amide bonds. The molecule has 0 spiro atoms. The molecule has 0 aliphatic heterocycles. The summed E-state index contributed by atoms with van der Waals surface area (Å²) >= 11 is 0. The molecule has 1 aromatic carbocycles. The molecule has 0 saturated carbocycles. The molecule has 1 aromatic rings. The number of alkyl halides is 3. The van der Waals surface area contributed by atoms with Crippen LogP contribution in [-0.4, -0.2) is 5.11 Å².